The number of para-hydroxylation sites is 1. The van der Waals surface area contributed by atoms with Crippen LogP contribution in [0.2, 0.25) is 0 Å². The van der Waals surface area contributed by atoms with Crippen LogP contribution in [0, 0.1) is 0 Å². The standard InChI is InChI=1S/C13H20N2O2/c1-9(2)8-11(15-14)10-6-5-7-12(16-3)13(10)17-4/h5-8,11,15H,14H2,1-4H3. The molecule has 1 rings (SSSR count). The number of benzene rings is 1. The molecule has 0 saturated heterocycles. The molecule has 17 heavy (non-hydrogen) atoms. The van der Waals surface area contributed by atoms with Crippen molar-refractivity contribution in [3.63, 3.8) is 0 Å². The second-order valence-corrected chi connectivity index (χ2v) is 3.97. The molecule has 0 aromatic heterocycles. The van der Waals surface area contributed by atoms with E-state index in [1.807, 2.05) is 38.1 Å². The SMILES string of the molecule is COc1cccc(C(C=C(C)C)NN)c1OC. The molecule has 1 unspecified atom stereocenters. The topological polar surface area (TPSA) is 56.5 Å². The van der Waals surface area contributed by atoms with Crippen molar-refractivity contribution in [3.05, 3.63) is 35.4 Å². The molecule has 3 N–H and O–H groups in total. The molecule has 4 heteroatoms. The van der Waals surface area contributed by atoms with Gasteiger partial charge in [-0.25, -0.2) is 5.43 Å². The summed E-state index contributed by atoms with van der Waals surface area (Å²) < 4.78 is 10.6. The highest BCUT2D eigenvalue weighted by Crippen LogP contribution is 2.35. The maximum atomic E-state index is 5.58. The fourth-order valence-corrected chi connectivity index (χ4v) is 1.72. The summed E-state index contributed by atoms with van der Waals surface area (Å²) in [5.74, 6) is 6.98. The average Bonchev–Trinajstić information content (AvgIpc) is 2.34. The fraction of sp³-hybridized carbons (Fsp3) is 0.385. The Hall–Kier alpha value is -1.52. The lowest BCUT2D eigenvalue weighted by Crippen LogP contribution is -2.27. The summed E-state index contributed by atoms with van der Waals surface area (Å²) in [5, 5.41) is 0. The quantitative estimate of drug-likeness (QED) is 0.467. The molecular formula is C13H20N2O2. The zero-order valence-electron chi connectivity index (χ0n) is 10.8. The van der Waals surface area contributed by atoms with Crippen LogP contribution in [0.25, 0.3) is 0 Å². The van der Waals surface area contributed by atoms with Gasteiger partial charge in [-0.15, -0.1) is 0 Å². The predicted molar refractivity (Wildman–Crippen MR) is 69.0 cm³/mol. The van der Waals surface area contributed by atoms with Crippen LogP contribution in [0.5, 0.6) is 11.5 Å². The second-order valence-electron chi connectivity index (χ2n) is 3.97. The molecule has 0 heterocycles. The monoisotopic (exact) mass is 236 g/mol. The molecule has 0 aliphatic rings. The third-order valence-corrected chi connectivity index (χ3v) is 2.45. The zero-order chi connectivity index (χ0) is 12.8. The van der Waals surface area contributed by atoms with Gasteiger partial charge in [0.1, 0.15) is 0 Å². The summed E-state index contributed by atoms with van der Waals surface area (Å²) in [6, 6.07) is 5.65. The Morgan fingerprint density at radius 2 is 2.00 bits per heavy atom. The van der Waals surface area contributed by atoms with Crippen LogP contribution in [0.15, 0.2) is 29.8 Å². The average molecular weight is 236 g/mol. The van der Waals surface area contributed by atoms with Crippen molar-refractivity contribution in [1.82, 2.24) is 5.43 Å². The molecule has 1 aromatic carbocycles. The Kier molecular flexibility index (Phi) is 5.00. The summed E-state index contributed by atoms with van der Waals surface area (Å²) >= 11 is 0. The van der Waals surface area contributed by atoms with Gasteiger partial charge in [0.05, 0.1) is 20.3 Å². The molecule has 0 aliphatic carbocycles. The van der Waals surface area contributed by atoms with Gasteiger partial charge in [0, 0.05) is 5.56 Å². The van der Waals surface area contributed by atoms with Crippen molar-refractivity contribution in [1.29, 1.82) is 0 Å². The summed E-state index contributed by atoms with van der Waals surface area (Å²) in [6.45, 7) is 4.05. The zero-order valence-corrected chi connectivity index (χ0v) is 10.8. The Morgan fingerprint density at radius 1 is 1.29 bits per heavy atom. The molecule has 0 radical (unpaired) electrons. The van der Waals surface area contributed by atoms with Gasteiger partial charge in [-0.3, -0.25) is 5.84 Å². The maximum absolute atomic E-state index is 5.58. The third kappa shape index (κ3) is 3.22. The number of rotatable bonds is 5. The smallest absolute Gasteiger partial charge is 0.165 e. The van der Waals surface area contributed by atoms with Gasteiger partial charge in [0.2, 0.25) is 0 Å². The van der Waals surface area contributed by atoms with Gasteiger partial charge in [0.25, 0.3) is 0 Å². The molecule has 0 aliphatic heterocycles. The van der Waals surface area contributed by atoms with Crippen LogP contribution in [0.3, 0.4) is 0 Å². The van der Waals surface area contributed by atoms with Crippen molar-refractivity contribution in [2.75, 3.05) is 14.2 Å². The lowest BCUT2D eigenvalue weighted by atomic mass is 10.0. The molecule has 0 amide bonds. The highest BCUT2D eigenvalue weighted by atomic mass is 16.5. The number of nitrogens with one attached hydrogen (secondary N) is 1. The second kappa shape index (κ2) is 6.27. The number of methoxy groups -OCH3 is 2. The van der Waals surface area contributed by atoms with E-state index in [9.17, 15) is 0 Å². The molecular weight excluding hydrogens is 216 g/mol. The lowest BCUT2D eigenvalue weighted by molar-refractivity contribution is 0.349. The number of allylic oxidation sites excluding steroid dienone is 1. The first-order chi connectivity index (χ1) is 8.13. The van der Waals surface area contributed by atoms with Crippen molar-refractivity contribution in [3.8, 4) is 11.5 Å². The minimum atomic E-state index is -0.0925. The maximum Gasteiger partial charge on any atom is 0.165 e. The summed E-state index contributed by atoms with van der Waals surface area (Å²) in [6.07, 6.45) is 2.04. The van der Waals surface area contributed by atoms with Crippen molar-refractivity contribution >= 4 is 0 Å². The number of hydrazine groups is 1. The Bertz CT molecular complexity index is 398. The van der Waals surface area contributed by atoms with Crippen molar-refractivity contribution in [2.45, 2.75) is 19.9 Å². The predicted octanol–water partition coefficient (Wildman–Crippen LogP) is 2.17. The van der Waals surface area contributed by atoms with Gasteiger partial charge in [-0.05, 0) is 19.9 Å². The van der Waals surface area contributed by atoms with E-state index in [1.165, 1.54) is 5.57 Å². The van der Waals surface area contributed by atoms with Gasteiger partial charge >= 0.3 is 0 Å². The number of nitrogens with two attached hydrogens (primary N) is 1. The Morgan fingerprint density at radius 3 is 2.47 bits per heavy atom. The highest BCUT2D eigenvalue weighted by molar-refractivity contribution is 5.49. The molecule has 0 fully saturated rings. The van der Waals surface area contributed by atoms with E-state index in [1.54, 1.807) is 14.2 Å². The van der Waals surface area contributed by atoms with Crippen LogP contribution in [-0.2, 0) is 0 Å². The minimum Gasteiger partial charge on any atom is -0.493 e. The van der Waals surface area contributed by atoms with E-state index in [0.29, 0.717) is 11.5 Å². The lowest BCUT2D eigenvalue weighted by Gasteiger charge is -2.18. The number of hydrogen-bond acceptors (Lipinski definition) is 4. The summed E-state index contributed by atoms with van der Waals surface area (Å²) in [7, 11) is 3.24. The molecule has 1 aromatic rings. The molecule has 4 nitrogen and oxygen atoms in total. The van der Waals surface area contributed by atoms with E-state index in [0.717, 1.165) is 5.56 Å². The first-order valence-electron chi connectivity index (χ1n) is 5.46. The molecule has 0 spiro atoms. The van der Waals surface area contributed by atoms with E-state index < -0.39 is 0 Å². The third-order valence-electron chi connectivity index (χ3n) is 2.45. The van der Waals surface area contributed by atoms with Crippen LogP contribution < -0.4 is 20.7 Å². The van der Waals surface area contributed by atoms with Gasteiger partial charge in [0.15, 0.2) is 11.5 Å². The fourth-order valence-electron chi connectivity index (χ4n) is 1.72. The molecule has 1 atom stereocenters. The van der Waals surface area contributed by atoms with E-state index >= 15 is 0 Å². The van der Waals surface area contributed by atoms with Crippen LogP contribution >= 0.6 is 0 Å². The van der Waals surface area contributed by atoms with Gasteiger partial charge in [-0.2, -0.15) is 0 Å². The summed E-state index contributed by atoms with van der Waals surface area (Å²) in [4.78, 5) is 0. The number of hydrogen-bond donors (Lipinski definition) is 2. The molecule has 0 saturated carbocycles. The van der Waals surface area contributed by atoms with E-state index in [4.69, 9.17) is 15.3 Å². The van der Waals surface area contributed by atoms with E-state index in [-0.39, 0.29) is 6.04 Å². The highest BCUT2D eigenvalue weighted by Gasteiger charge is 2.15. The normalized spacial score (nSPS) is 11.8. The first kappa shape index (κ1) is 13.5. The van der Waals surface area contributed by atoms with Crippen molar-refractivity contribution < 1.29 is 9.47 Å². The Labute approximate surface area is 102 Å². The van der Waals surface area contributed by atoms with Crippen LogP contribution in [0.4, 0.5) is 0 Å². The van der Waals surface area contributed by atoms with Crippen LogP contribution in [-0.4, -0.2) is 14.2 Å². The Balaban J connectivity index is 3.23. The van der Waals surface area contributed by atoms with Gasteiger partial charge in [-0.1, -0.05) is 23.8 Å². The number of ether oxygens (including phenoxy) is 2. The van der Waals surface area contributed by atoms with Crippen molar-refractivity contribution in [2.24, 2.45) is 5.84 Å². The first-order valence-corrected chi connectivity index (χ1v) is 5.46. The van der Waals surface area contributed by atoms with E-state index in [2.05, 4.69) is 5.43 Å². The van der Waals surface area contributed by atoms with Crippen LogP contribution in [0.1, 0.15) is 25.5 Å². The van der Waals surface area contributed by atoms with Gasteiger partial charge < -0.3 is 9.47 Å². The largest absolute Gasteiger partial charge is 0.493 e. The minimum absolute atomic E-state index is 0.0925. The molecule has 0 bridgehead atoms. The summed E-state index contributed by atoms with van der Waals surface area (Å²) in [5.41, 5.74) is 4.90. The molecule has 94 valence electrons.